The molecule has 2 aromatic carbocycles. The molecular weight excluding hydrogens is 382 g/mol. The number of benzene rings is 2. The van der Waals surface area contributed by atoms with Crippen LogP contribution in [0.1, 0.15) is 87.3 Å². The quantitative estimate of drug-likeness (QED) is 0.373. The molecule has 0 N–H and O–H groups in total. The Bertz CT molecular complexity index is 1290. The van der Waals surface area contributed by atoms with Gasteiger partial charge in [-0.25, -0.2) is 0 Å². The van der Waals surface area contributed by atoms with Crippen molar-refractivity contribution in [3.63, 3.8) is 0 Å². The Morgan fingerprint density at radius 1 is 1.06 bits per heavy atom. The second-order valence-electron chi connectivity index (χ2n) is 10.5. The minimum absolute atomic E-state index is 0.133. The highest BCUT2D eigenvalue weighted by atomic mass is 16.5. The molecule has 3 aliphatic carbocycles. The zero-order chi connectivity index (χ0) is 21.1. The molecule has 7 rings (SSSR count). The highest BCUT2D eigenvalue weighted by Gasteiger charge is 2.77. The monoisotopic (exact) mass is 414 g/mol. The summed E-state index contributed by atoms with van der Waals surface area (Å²) in [6.07, 6.45) is 11.6. The Balaban J connectivity index is 1.72. The SMILES string of the molecule is CCC12CC1(CC)[n+]1cc3c(c4ccc5cc(OC)c(OC)c2c5c41)C1CCCC3C1. The van der Waals surface area contributed by atoms with Crippen LogP contribution in [0.3, 0.4) is 0 Å². The molecule has 2 fully saturated rings. The van der Waals surface area contributed by atoms with E-state index in [1.54, 1.807) is 18.2 Å². The lowest BCUT2D eigenvalue weighted by molar-refractivity contribution is -0.721. The van der Waals surface area contributed by atoms with Crippen molar-refractivity contribution in [2.45, 2.75) is 81.6 Å². The average molecular weight is 415 g/mol. The van der Waals surface area contributed by atoms with Crippen molar-refractivity contribution < 1.29 is 14.0 Å². The van der Waals surface area contributed by atoms with Crippen LogP contribution in [0.25, 0.3) is 21.7 Å². The first-order chi connectivity index (χ1) is 15.1. The zero-order valence-electron chi connectivity index (χ0n) is 19.2. The summed E-state index contributed by atoms with van der Waals surface area (Å²) in [6.45, 7) is 4.76. The molecule has 3 heteroatoms. The van der Waals surface area contributed by atoms with E-state index in [9.17, 15) is 0 Å². The predicted octanol–water partition coefficient (Wildman–Crippen LogP) is 6.22. The van der Waals surface area contributed by atoms with Crippen LogP contribution in [0.2, 0.25) is 0 Å². The largest absolute Gasteiger partial charge is 0.493 e. The Kier molecular flexibility index (Phi) is 3.39. The molecule has 2 bridgehead atoms. The van der Waals surface area contributed by atoms with Crippen molar-refractivity contribution in [2.24, 2.45) is 0 Å². The van der Waals surface area contributed by atoms with E-state index in [0.29, 0.717) is 0 Å². The van der Waals surface area contributed by atoms with Crippen molar-refractivity contribution in [3.05, 3.63) is 41.1 Å². The van der Waals surface area contributed by atoms with Gasteiger partial charge in [0.25, 0.3) is 0 Å². The normalized spacial score (nSPS) is 31.7. The van der Waals surface area contributed by atoms with Crippen LogP contribution in [-0.2, 0) is 11.0 Å². The summed E-state index contributed by atoms with van der Waals surface area (Å²) < 4.78 is 14.7. The zero-order valence-corrected chi connectivity index (χ0v) is 19.2. The molecular formula is C28H32NO2+. The molecule has 3 nitrogen and oxygen atoms in total. The maximum atomic E-state index is 6.09. The van der Waals surface area contributed by atoms with Crippen LogP contribution in [0, 0.1) is 0 Å². The molecule has 1 aliphatic heterocycles. The lowest BCUT2D eigenvalue weighted by Crippen LogP contribution is -2.53. The second-order valence-corrected chi connectivity index (χ2v) is 10.5. The molecule has 0 saturated heterocycles. The number of ether oxygens (including phenoxy) is 2. The number of hydrogen-bond acceptors (Lipinski definition) is 2. The fourth-order valence-electron chi connectivity index (χ4n) is 8.35. The molecule has 1 aromatic heterocycles. The fraction of sp³-hybridized carbons (Fsp3) is 0.536. The minimum Gasteiger partial charge on any atom is -0.493 e. The Labute approximate surface area is 184 Å². The number of nitrogens with zero attached hydrogens (tertiary/aromatic N) is 1. The summed E-state index contributed by atoms with van der Waals surface area (Å²) in [7, 11) is 3.58. The highest BCUT2D eigenvalue weighted by molar-refractivity contribution is 6.10. The van der Waals surface area contributed by atoms with Gasteiger partial charge in [-0.15, -0.1) is 0 Å². The summed E-state index contributed by atoms with van der Waals surface area (Å²) in [6, 6.07) is 6.96. The first kappa shape index (κ1) is 18.3. The van der Waals surface area contributed by atoms with Crippen molar-refractivity contribution in [3.8, 4) is 11.5 Å². The van der Waals surface area contributed by atoms with Gasteiger partial charge in [-0.05, 0) is 60.6 Å². The van der Waals surface area contributed by atoms with Crippen LogP contribution in [0.4, 0.5) is 0 Å². The molecule has 4 unspecified atom stereocenters. The fourth-order valence-corrected chi connectivity index (χ4v) is 8.35. The van der Waals surface area contributed by atoms with E-state index in [0.717, 1.165) is 36.2 Å². The van der Waals surface area contributed by atoms with Crippen LogP contribution < -0.4 is 14.0 Å². The van der Waals surface area contributed by atoms with Gasteiger partial charge in [0.15, 0.2) is 23.2 Å². The van der Waals surface area contributed by atoms with Crippen LogP contribution >= 0.6 is 0 Å². The van der Waals surface area contributed by atoms with Crippen LogP contribution in [0.15, 0.2) is 24.4 Å². The molecule has 4 aliphatic rings. The lowest BCUT2D eigenvalue weighted by atomic mass is 9.78. The van der Waals surface area contributed by atoms with Crippen molar-refractivity contribution >= 4 is 21.7 Å². The van der Waals surface area contributed by atoms with E-state index >= 15 is 0 Å². The molecule has 31 heavy (non-hydrogen) atoms. The first-order valence-corrected chi connectivity index (χ1v) is 12.2. The summed E-state index contributed by atoms with van der Waals surface area (Å²) in [5.74, 6) is 3.36. The number of aromatic nitrogens is 1. The maximum absolute atomic E-state index is 6.09. The smallest absolute Gasteiger partial charge is 0.221 e. The van der Waals surface area contributed by atoms with E-state index in [4.69, 9.17) is 9.47 Å². The van der Waals surface area contributed by atoms with Gasteiger partial charge in [-0.3, -0.25) is 0 Å². The van der Waals surface area contributed by atoms with E-state index in [1.807, 2.05) is 7.11 Å². The molecule has 4 atom stereocenters. The third-order valence-corrected chi connectivity index (χ3v) is 9.74. The third-order valence-electron chi connectivity index (χ3n) is 9.74. The summed E-state index contributed by atoms with van der Waals surface area (Å²) in [4.78, 5) is 0. The highest BCUT2D eigenvalue weighted by Crippen LogP contribution is 2.70. The van der Waals surface area contributed by atoms with Gasteiger partial charge in [0.1, 0.15) is 0 Å². The van der Waals surface area contributed by atoms with Crippen molar-refractivity contribution in [1.82, 2.24) is 0 Å². The molecule has 2 saturated carbocycles. The van der Waals surface area contributed by atoms with Gasteiger partial charge >= 0.3 is 0 Å². The standard InChI is InChI=1S/C28H32NO2/c1-5-27-15-28(27,6-2)29-14-20-16-8-7-9-17(12-16)22(20)19-11-10-18-13-21(30-3)26(31-4)24(27)23(18)25(19)29/h10-11,13-14,16-17H,5-9,12,15H2,1-4H3/q+1. The molecule has 0 radical (unpaired) electrons. The average Bonchev–Trinajstić information content (AvgIpc) is 3.46. The van der Waals surface area contributed by atoms with Gasteiger partial charge in [0, 0.05) is 24.0 Å². The predicted molar refractivity (Wildman–Crippen MR) is 124 cm³/mol. The van der Waals surface area contributed by atoms with E-state index in [-0.39, 0.29) is 11.0 Å². The maximum Gasteiger partial charge on any atom is 0.221 e. The third kappa shape index (κ3) is 1.84. The van der Waals surface area contributed by atoms with Crippen molar-refractivity contribution in [2.75, 3.05) is 14.2 Å². The van der Waals surface area contributed by atoms with Crippen LogP contribution in [-0.4, -0.2) is 14.2 Å². The molecule has 0 spiro atoms. The van der Waals surface area contributed by atoms with Crippen LogP contribution in [0.5, 0.6) is 11.5 Å². The van der Waals surface area contributed by atoms with Gasteiger partial charge in [-0.1, -0.05) is 26.3 Å². The van der Waals surface area contributed by atoms with Crippen molar-refractivity contribution in [1.29, 1.82) is 0 Å². The van der Waals surface area contributed by atoms with E-state index in [1.165, 1.54) is 59.3 Å². The number of pyridine rings is 1. The minimum atomic E-state index is 0.133. The number of fused-ring (bicyclic) bond motifs is 9. The lowest BCUT2D eigenvalue weighted by Gasteiger charge is -2.30. The number of methoxy groups -OCH3 is 2. The van der Waals surface area contributed by atoms with Gasteiger partial charge < -0.3 is 9.47 Å². The topological polar surface area (TPSA) is 22.3 Å². The van der Waals surface area contributed by atoms with E-state index < -0.39 is 0 Å². The second kappa shape index (κ2) is 5.74. The molecule has 160 valence electrons. The summed E-state index contributed by atoms with van der Waals surface area (Å²) >= 11 is 0. The number of hydrogen-bond donors (Lipinski definition) is 0. The number of rotatable bonds is 4. The molecule has 0 amide bonds. The summed E-state index contributed by atoms with van der Waals surface area (Å²) in [5, 5.41) is 4.22. The van der Waals surface area contributed by atoms with E-state index in [2.05, 4.69) is 42.8 Å². The Hall–Kier alpha value is -2.29. The summed E-state index contributed by atoms with van der Waals surface area (Å²) in [5.41, 5.74) is 6.51. The first-order valence-electron chi connectivity index (χ1n) is 12.2. The van der Waals surface area contributed by atoms with Gasteiger partial charge in [0.05, 0.1) is 30.4 Å². The Morgan fingerprint density at radius 2 is 1.90 bits per heavy atom. The molecule has 3 aromatic rings. The van der Waals surface area contributed by atoms with Gasteiger partial charge in [-0.2, -0.15) is 4.57 Å². The Morgan fingerprint density at radius 3 is 2.65 bits per heavy atom. The van der Waals surface area contributed by atoms with Gasteiger partial charge in [0.2, 0.25) is 5.52 Å². The molecule has 2 heterocycles.